The van der Waals surface area contributed by atoms with Crippen molar-refractivity contribution < 1.29 is 4.79 Å². The van der Waals surface area contributed by atoms with Crippen LogP contribution in [0, 0.1) is 0 Å². The van der Waals surface area contributed by atoms with E-state index in [0.29, 0.717) is 23.6 Å². The highest BCUT2D eigenvalue weighted by atomic mass is 32.2. The molecule has 0 fully saturated rings. The first-order chi connectivity index (χ1) is 15.2. The summed E-state index contributed by atoms with van der Waals surface area (Å²) in [6.45, 7) is 3.08. The van der Waals surface area contributed by atoms with Crippen LogP contribution >= 0.6 is 34.4 Å². The van der Waals surface area contributed by atoms with E-state index in [1.165, 1.54) is 28.7 Å². The highest BCUT2D eigenvalue weighted by Crippen LogP contribution is 2.34. The third kappa shape index (κ3) is 5.08. The van der Waals surface area contributed by atoms with Crippen LogP contribution < -0.4 is 10.9 Å². The maximum Gasteiger partial charge on any atom is 0.263 e. The predicted molar refractivity (Wildman–Crippen MR) is 131 cm³/mol. The van der Waals surface area contributed by atoms with Gasteiger partial charge in [0, 0.05) is 28.9 Å². The first-order valence-corrected chi connectivity index (χ1v) is 12.9. The highest BCUT2D eigenvalue weighted by molar-refractivity contribution is 7.99. The van der Waals surface area contributed by atoms with Crippen LogP contribution in [0.3, 0.4) is 0 Å². The predicted octanol–water partition coefficient (Wildman–Crippen LogP) is 5.05. The smallest absolute Gasteiger partial charge is 0.263 e. The third-order valence-electron chi connectivity index (χ3n) is 4.90. The molecule has 3 heterocycles. The molecule has 1 N–H and O–H groups in total. The van der Waals surface area contributed by atoms with Gasteiger partial charge in [-0.2, -0.15) is 0 Å². The molecule has 0 unspecified atom stereocenters. The second-order valence-corrected chi connectivity index (χ2v) is 9.73. The van der Waals surface area contributed by atoms with Crippen LogP contribution in [-0.2, 0) is 17.8 Å². The van der Waals surface area contributed by atoms with Gasteiger partial charge in [0.25, 0.3) is 5.56 Å². The van der Waals surface area contributed by atoms with Crippen molar-refractivity contribution in [3.8, 4) is 10.4 Å². The van der Waals surface area contributed by atoms with Gasteiger partial charge in [0.15, 0.2) is 5.16 Å². The Morgan fingerprint density at radius 1 is 1.16 bits per heavy atom. The molecule has 1 aromatic carbocycles. The van der Waals surface area contributed by atoms with Crippen molar-refractivity contribution in [2.75, 3.05) is 12.3 Å². The van der Waals surface area contributed by atoms with Crippen molar-refractivity contribution >= 4 is 50.6 Å². The molecule has 8 heteroatoms. The van der Waals surface area contributed by atoms with Crippen molar-refractivity contribution in [1.82, 2.24) is 14.9 Å². The molecule has 0 radical (unpaired) electrons. The molecule has 0 saturated heterocycles. The van der Waals surface area contributed by atoms with Crippen LogP contribution in [0.4, 0.5) is 0 Å². The third-order valence-corrected chi connectivity index (χ3v) is 7.65. The largest absolute Gasteiger partial charge is 0.355 e. The Morgan fingerprint density at radius 3 is 2.74 bits per heavy atom. The lowest BCUT2D eigenvalue weighted by Crippen LogP contribution is -2.27. The van der Waals surface area contributed by atoms with Gasteiger partial charge in [-0.1, -0.05) is 48.2 Å². The monoisotopic (exact) mass is 469 g/mol. The number of aryl methyl sites for hydroxylation is 1. The molecule has 0 spiro atoms. The number of hydrogen-bond acceptors (Lipinski definition) is 6. The van der Waals surface area contributed by atoms with E-state index in [9.17, 15) is 9.59 Å². The fourth-order valence-corrected chi connectivity index (χ4v) is 6.05. The fraction of sp³-hybridized carbons (Fsp3) is 0.261. The second kappa shape index (κ2) is 10.3. The summed E-state index contributed by atoms with van der Waals surface area (Å²) in [4.78, 5) is 32.0. The van der Waals surface area contributed by atoms with E-state index in [1.807, 2.05) is 48.0 Å². The van der Waals surface area contributed by atoms with Gasteiger partial charge < -0.3 is 5.32 Å². The lowest BCUT2D eigenvalue weighted by atomic mass is 10.1. The molecule has 4 rings (SSSR count). The van der Waals surface area contributed by atoms with Crippen LogP contribution in [0.15, 0.2) is 63.2 Å². The van der Waals surface area contributed by atoms with Gasteiger partial charge in [-0.05, 0) is 36.8 Å². The van der Waals surface area contributed by atoms with Gasteiger partial charge >= 0.3 is 0 Å². The van der Waals surface area contributed by atoms with E-state index in [-0.39, 0.29) is 17.2 Å². The van der Waals surface area contributed by atoms with E-state index in [4.69, 9.17) is 4.98 Å². The highest BCUT2D eigenvalue weighted by Gasteiger charge is 2.17. The van der Waals surface area contributed by atoms with Crippen LogP contribution in [-0.4, -0.2) is 27.8 Å². The van der Waals surface area contributed by atoms with Gasteiger partial charge in [0.05, 0.1) is 11.1 Å². The molecule has 0 aliphatic rings. The minimum Gasteiger partial charge on any atom is -0.355 e. The number of thioether (sulfide) groups is 1. The summed E-state index contributed by atoms with van der Waals surface area (Å²) in [7, 11) is 0. The summed E-state index contributed by atoms with van der Waals surface area (Å²) in [5.74, 6) is 0.201. The first kappa shape index (κ1) is 21.8. The Hall–Kier alpha value is -2.42. The van der Waals surface area contributed by atoms with Crippen molar-refractivity contribution in [2.45, 2.75) is 31.5 Å². The lowest BCUT2D eigenvalue weighted by molar-refractivity contribution is -0.118. The Labute approximate surface area is 193 Å². The number of nitrogens with one attached hydrogen (secondary N) is 1. The standard InChI is InChI=1S/C23H23N3O2S3/c1-2-26-22(28)20-17(18-11-7-13-29-18)14-30-21(20)25-23(26)31-15-19(27)24-12-6-10-16-8-4-3-5-9-16/h3-5,7-9,11,13-14H,2,6,10,12,15H2,1H3,(H,24,27). The van der Waals surface area contributed by atoms with Crippen molar-refractivity contribution in [1.29, 1.82) is 0 Å². The number of hydrogen-bond donors (Lipinski definition) is 1. The number of carbonyl (C=O) groups excluding carboxylic acids is 1. The Balaban J connectivity index is 1.40. The van der Waals surface area contributed by atoms with Gasteiger partial charge in [-0.25, -0.2) is 4.98 Å². The van der Waals surface area contributed by atoms with E-state index >= 15 is 0 Å². The van der Waals surface area contributed by atoms with Gasteiger partial charge in [-0.15, -0.1) is 22.7 Å². The molecule has 0 aliphatic heterocycles. The lowest BCUT2D eigenvalue weighted by Gasteiger charge is -2.10. The normalized spacial score (nSPS) is 11.1. The number of amides is 1. The summed E-state index contributed by atoms with van der Waals surface area (Å²) in [5.41, 5.74) is 2.18. The minimum atomic E-state index is -0.0412. The molecule has 4 aromatic rings. The fourth-order valence-electron chi connectivity index (χ4n) is 3.35. The van der Waals surface area contributed by atoms with Gasteiger partial charge in [-0.3, -0.25) is 14.2 Å². The minimum absolute atomic E-state index is 0.0390. The van der Waals surface area contributed by atoms with Crippen LogP contribution in [0.2, 0.25) is 0 Å². The maximum atomic E-state index is 13.2. The van der Waals surface area contributed by atoms with Crippen molar-refractivity contribution in [2.24, 2.45) is 0 Å². The van der Waals surface area contributed by atoms with E-state index in [0.717, 1.165) is 28.1 Å². The summed E-state index contributed by atoms with van der Waals surface area (Å²) in [6, 6.07) is 14.3. The van der Waals surface area contributed by atoms with E-state index < -0.39 is 0 Å². The summed E-state index contributed by atoms with van der Waals surface area (Å²) >= 11 is 4.41. The molecule has 0 aliphatic carbocycles. The Morgan fingerprint density at radius 2 is 2.00 bits per heavy atom. The summed E-state index contributed by atoms with van der Waals surface area (Å²) in [6.07, 6.45) is 1.83. The maximum absolute atomic E-state index is 13.2. The zero-order chi connectivity index (χ0) is 21.6. The number of rotatable bonds is 9. The molecule has 31 heavy (non-hydrogen) atoms. The van der Waals surface area contributed by atoms with E-state index in [2.05, 4.69) is 17.4 Å². The average molecular weight is 470 g/mol. The zero-order valence-corrected chi connectivity index (χ0v) is 19.6. The number of fused-ring (bicyclic) bond motifs is 1. The van der Waals surface area contributed by atoms with E-state index in [1.54, 1.807) is 15.9 Å². The Kier molecular flexibility index (Phi) is 7.21. The molecule has 0 saturated carbocycles. The SMILES string of the molecule is CCn1c(SCC(=O)NCCCc2ccccc2)nc2scc(-c3cccs3)c2c1=O. The topological polar surface area (TPSA) is 64.0 Å². The zero-order valence-electron chi connectivity index (χ0n) is 17.2. The molecule has 0 bridgehead atoms. The molecular formula is C23H23N3O2S3. The van der Waals surface area contributed by atoms with Crippen molar-refractivity contribution in [3.05, 3.63) is 69.1 Å². The number of aromatic nitrogens is 2. The number of thiophene rings is 2. The second-order valence-electron chi connectivity index (χ2n) is 6.98. The molecule has 0 atom stereocenters. The summed E-state index contributed by atoms with van der Waals surface area (Å²) in [5, 5.41) is 8.24. The Bertz CT molecular complexity index is 1210. The number of carbonyl (C=O) groups is 1. The summed E-state index contributed by atoms with van der Waals surface area (Å²) < 4.78 is 1.67. The molecular weight excluding hydrogens is 446 g/mol. The number of nitrogens with zero attached hydrogens (tertiary/aromatic N) is 2. The molecule has 160 valence electrons. The van der Waals surface area contributed by atoms with Crippen LogP contribution in [0.25, 0.3) is 20.7 Å². The van der Waals surface area contributed by atoms with Crippen LogP contribution in [0.5, 0.6) is 0 Å². The average Bonchev–Trinajstić information content (AvgIpc) is 3.46. The van der Waals surface area contributed by atoms with Crippen LogP contribution in [0.1, 0.15) is 18.9 Å². The number of benzene rings is 1. The van der Waals surface area contributed by atoms with Crippen molar-refractivity contribution in [3.63, 3.8) is 0 Å². The molecule has 3 aromatic heterocycles. The van der Waals surface area contributed by atoms with Gasteiger partial charge in [0.2, 0.25) is 5.91 Å². The first-order valence-electron chi connectivity index (χ1n) is 10.2. The quantitative estimate of drug-likeness (QED) is 0.212. The molecule has 5 nitrogen and oxygen atoms in total. The van der Waals surface area contributed by atoms with Gasteiger partial charge in [0.1, 0.15) is 4.83 Å². The molecule has 1 amide bonds.